The van der Waals surface area contributed by atoms with Gasteiger partial charge in [0.25, 0.3) is 11.7 Å². The standard InChI is InChI=1S/C28H27N5O5/c1-29-24(18-7-3-2-4-8-18)19-12-15-33(16-13-19)27(37)26(36)21-17-31-25-20(21)9-5-10-22(25)32-28(38)30-14-6-11-23(34)35/h2-5,7-10,17,31H,6,11-16H2,(H,34,35)(H2,30,32,38). The number of anilines is 1. The fraction of sp³-hybridized carbons (Fsp3) is 0.250. The molecule has 1 fully saturated rings. The summed E-state index contributed by atoms with van der Waals surface area (Å²) in [6.07, 6.45) is 2.76. The summed E-state index contributed by atoms with van der Waals surface area (Å²) in [6, 6.07) is 14.0. The lowest BCUT2D eigenvalue weighted by molar-refractivity contribution is -0.137. The predicted molar refractivity (Wildman–Crippen MR) is 142 cm³/mol. The third-order valence-corrected chi connectivity index (χ3v) is 6.40. The maximum Gasteiger partial charge on any atom is 0.319 e. The van der Waals surface area contributed by atoms with Crippen LogP contribution >= 0.6 is 0 Å². The van der Waals surface area contributed by atoms with Gasteiger partial charge in [-0.15, -0.1) is 0 Å². The Bertz CT molecular complexity index is 1440. The molecule has 1 aliphatic rings. The van der Waals surface area contributed by atoms with Crippen LogP contribution in [-0.4, -0.2) is 58.3 Å². The number of aromatic amines is 1. The van der Waals surface area contributed by atoms with Crippen LogP contribution in [0, 0.1) is 6.57 Å². The van der Waals surface area contributed by atoms with Gasteiger partial charge in [-0.2, -0.15) is 0 Å². The van der Waals surface area contributed by atoms with Crippen LogP contribution in [-0.2, 0) is 9.59 Å². The summed E-state index contributed by atoms with van der Waals surface area (Å²) in [4.78, 5) is 57.3. The van der Waals surface area contributed by atoms with Crippen molar-refractivity contribution in [2.45, 2.75) is 25.7 Å². The molecule has 3 amide bonds. The molecule has 0 aliphatic carbocycles. The summed E-state index contributed by atoms with van der Waals surface area (Å²) in [5.41, 5.74) is 3.56. The molecule has 1 aromatic heterocycles. The van der Waals surface area contributed by atoms with Crippen molar-refractivity contribution in [3.05, 3.63) is 82.8 Å². The van der Waals surface area contributed by atoms with Crippen molar-refractivity contribution in [2.24, 2.45) is 0 Å². The summed E-state index contributed by atoms with van der Waals surface area (Å²) < 4.78 is 0. The second-order valence-electron chi connectivity index (χ2n) is 8.86. The number of carbonyl (C=O) groups excluding carboxylic acids is 3. The number of nitrogens with zero attached hydrogens (tertiary/aromatic N) is 2. The quantitative estimate of drug-likeness (QED) is 0.154. The fourth-order valence-corrected chi connectivity index (χ4v) is 4.47. The molecule has 4 N–H and O–H groups in total. The smallest absolute Gasteiger partial charge is 0.319 e. The highest BCUT2D eigenvalue weighted by Crippen LogP contribution is 2.29. The maximum atomic E-state index is 13.2. The molecule has 0 spiro atoms. The van der Waals surface area contributed by atoms with E-state index in [4.69, 9.17) is 11.7 Å². The number of H-pyrrole nitrogens is 1. The van der Waals surface area contributed by atoms with Gasteiger partial charge < -0.3 is 25.6 Å². The van der Waals surface area contributed by atoms with Crippen molar-refractivity contribution in [2.75, 3.05) is 25.0 Å². The van der Waals surface area contributed by atoms with Crippen molar-refractivity contribution in [3.63, 3.8) is 0 Å². The lowest BCUT2D eigenvalue weighted by Gasteiger charge is -2.28. The Hall–Kier alpha value is -4.91. The Morgan fingerprint density at radius 2 is 1.76 bits per heavy atom. The first-order chi connectivity index (χ1) is 18.4. The van der Waals surface area contributed by atoms with E-state index in [1.807, 2.05) is 30.3 Å². The van der Waals surface area contributed by atoms with E-state index in [-0.39, 0.29) is 18.5 Å². The lowest BCUT2D eigenvalue weighted by Crippen LogP contribution is -2.40. The molecule has 0 radical (unpaired) electrons. The molecule has 2 heterocycles. The number of aliphatic carboxylic acids is 1. The molecule has 3 aromatic rings. The SMILES string of the molecule is [C-]#[N+]C(=C1CCN(C(=O)C(=O)c2c[nH]c3c(NC(=O)NCCCC(=O)O)cccc23)CC1)c1ccccc1. The first-order valence-corrected chi connectivity index (χ1v) is 12.2. The van der Waals surface area contributed by atoms with Gasteiger partial charge in [-0.05, 0) is 30.9 Å². The fourth-order valence-electron chi connectivity index (χ4n) is 4.47. The topological polar surface area (TPSA) is 136 Å². The van der Waals surface area contributed by atoms with Gasteiger partial charge >= 0.3 is 12.0 Å². The number of aromatic nitrogens is 1. The molecular formula is C28H27N5O5. The first-order valence-electron chi connectivity index (χ1n) is 12.2. The Balaban J connectivity index is 1.42. The van der Waals surface area contributed by atoms with E-state index in [2.05, 4.69) is 20.5 Å². The van der Waals surface area contributed by atoms with E-state index in [1.54, 1.807) is 18.2 Å². The van der Waals surface area contributed by atoms with Gasteiger partial charge in [-0.3, -0.25) is 14.4 Å². The number of likely N-dealkylation sites (tertiary alicyclic amines) is 1. The van der Waals surface area contributed by atoms with Crippen LogP contribution in [0.25, 0.3) is 21.4 Å². The number of carboxylic acid groups (broad SMARTS) is 1. The minimum absolute atomic E-state index is 0.0473. The Morgan fingerprint density at radius 1 is 1.03 bits per heavy atom. The zero-order valence-electron chi connectivity index (χ0n) is 20.6. The van der Waals surface area contributed by atoms with Crippen LogP contribution in [0.15, 0.2) is 60.3 Å². The molecule has 10 nitrogen and oxygen atoms in total. The number of carbonyl (C=O) groups is 4. The second-order valence-corrected chi connectivity index (χ2v) is 8.86. The molecule has 0 unspecified atom stereocenters. The highest BCUT2D eigenvalue weighted by molar-refractivity contribution is 6.45. The van der Waals surface area contributed by atoms with Gasteiger partial charge in [-0.1, -0.05) is 48.0 Å². The monoisotopic (exact) mass is 513 g/mol. The number of para-hydroxylation sites is 1. The molecule has 10 heteroatoms. The van der Waals surface area contributed by atoms with Crippen LogP contribution in [0.4, 0.5) is 10.5 Å². The summed E-state index contributed by atoms with van der Waals surface area (Å²) in [5.74, 6) is -2.19. The van der Waals surface area contributed by atoms with Gasteiger partial charge in [0.15, 0.2) is 5.70 Å². The van der Waals surface area contributed by atoms with Crippen LogP contribution in [0.5, 0.6) is 0 Å². The number of carboxylic acids is 1. The molecular weight excluding hydrogens is 486 g/mol. The third kappa shape index (κ3) is 5.90. The Kier molecular flexibility index (Phi) is 8.18. The van der Waals surface area contributed by atoms with E-state index < -0.39 is 23.7 Å². The number of hydrogen-bond donors (Lipinski definition) is 4. The normalized spacial score (nSPS) is 13.0. The van der Waals surface area contributed by atoms with Crippen molar-refractivity contribution >= 4 is 46.0 Å². The van der Waals surface area contributed by atoms with Gasteiger partial charge in [0.05, 0.1) is 23.3 Å². The van der Waals surface area contributed by atoms with E-state index in [9.17, 15) is 19.2 Å². The molecule has 1 saturated heterocycles. The van der Waals surface area contributed by atoms with Crippen molar-refractivity contribution in [1.82, 2.24) is 15.2 Å². The van der Waals surface area contributed by atoms with Crippen LogP contribution in [0.3, 0.4) is 0 Å². The number of ketones is 1. The van der Waals surface area contributed by atoms with Crippen LogP contribution in [0.2, 0.25) is 0 Å². The maximum absolute atomic E-state index is 13.2. The Morgan fingerprint density at radius 3 is 2.45 bits per heavy atom. The number of urea groups is 1. The number of Topliss-reactive ketones (excluding diaryl/α,β-unsaturated/α-hetero) is 1. The van der Waals surface area contributed by atoms with E-state index in [0.29, 0.717) is 54.6 Å². The molecule has 194 valence electrons. The highest BCUT2D eigenvalue weighted by Gasteiger charge is 2.28. The average Bonchev–Trinajstić information content (AvgIpc) is 3.37. The van der Waals surface area contributed by atoms with Crippen molar-refractivity contribution in [3.8, 4) is 0 Å². The summed E-state index contributed by atoms with van der Waals surface area (Å²) in [6.45, 7) is 8.50. The summed E-state index contributed by atoms with van der Waals surface area (Å²) >= 11 is 0. The van der Waals surface area contributed by atoms with Crippen LogP contribution < -0.4 is 10.6 Å². The minimum atomic E-state index is -0.933. The summed E-state index contributed by atoms with van der Waals surface area (Å²) in [7, 11) is 0. The van der Waals surface area contributed by atoms with Gasteiger partial charge in [0, 0.05) is 37.6 Å². The average molecular weight is 514 g/mol. The molecule has 1 aliphatic heterocycles. The van der Waals surface area contributed by atoms with Gasteiger partial charge in [-0.25, -0.2) is 9.64 Å². The number of benzene rings is 2. The minimum Gasteiger partial charge on any atom is -0.481 e. The molecule has 0 saturated carbocycles. The van der Waals surface area contributed by atoms with Crippen LogP contribution in [0.1, 0.15) is 41.6 Å². The molecule has 4 rings (SSSR count). The first kappa shape index (κ1) is 26.2. The number of amides is 3. The number of fused-ring (bicyclic) bond motifs is 1. The van der Waals surface area contributed by atoms with Crippen molar-refractivity contribution in [1.29, 1.82) is 0 Å². The van der Waals surface area contributed by atoms with E-state index in [0.717, 1.165) is 11.1 Å². The number of hydrogen-bond acceptors (Lipinski definition) is 4. The third-order valence-electron chi connectivity index (χ3n) is 6.40. The molecule has 0 bridgehead atoms. The lowest BCUT2D eigenvalue weighted by atomic mass is 9.97. The number of rotatable bonds is 8. The highest BCUT2D eigenvalue weighted by atomic mass is 16.4. The van der Waals surface area contributed by atoms with Crippen molar-refractivity contribution < 1.29 is 24.3 Å². The zero-order valence-corrected chi connectivity index (χ0v) is 20.6. The van der Waals surface area contributed by atoms with E-state index in [1.165, 1.54) is 11.1 Å². The van der Waals surface area contributed by atoms with E-state index >= 15 is 0 Å². The molecule has 0 atom stereocenters. The second kappa shape index (κ2) is 11.9. The Labute approximate surface area is 219 Å². The summed E-state index contributed by atoms with van der Waals surface area (Å²) in [5, 5.41) is 14.5. The van der Waals surface area contributed by atoms with Gasteiger partial charge in [0.2, 0.25) is 0 Å². The number of nitrogens with one attached hydrogen (secondary N) is 3. The zero-order chi connectivity index (χ0) is 27.1. The molecule has 2 aromatic carbocycles. The van der Waals surface area contributed by atoms with Gasteiger partial charge in [0.1, 0.15) is 0 Å². The number of piperidine rings is 1. The predicted octanol–water partition coefficient (Wildman–Crippen LogP) is 4.29. The molecule has 38 heavy (non-hydrogen) atoms. The largest absolute Gasteiger partial charge is 0.481 e.